The van der Waals surface area contributed by atoms with Crippen LogP contribution in [0.5, 0.6) is 11.5 Å². The molecule has 1 saturated heterocycles. The minimum absolute atomic E-state index is 0.0341. The molecular weight excluding hydrogens is 583 g/mol. The maximum Gasteiger partial charge on any atom is 0.416 e. The number of alkyl halides is 5. The highest BCUT2D eigenvalue weighted by Gasteiger charge is 2.52. The van der Waals surface area contributed by atoms with E-state index in [9.17, 15) is 31.9 Å². The highest BCUT2D eigenvalue weighted by atomic mass is 19.4. The molecule has 3 aromatic rings. The van der Waals surface area contributed by atoms with E-state index < -0.39 is 29.8 Å². The van der Waals surface area contributed by atoms with Crippen LogP contribution in [0, 0.1) is 5.41 Å². The molecule has 0 aliphatic carbocycles. The van der Waals surface area contributed by atoms with E-state index in [1.54, 1.807) is 29.2 Å². The fraction of sp³-hybridized carbons (Fsp3) is 0.406. The number of nitrogens with one attached hydrogen (secondary N) is 2. The van der Waals surface area contributed by atoms with Gasteiger partial charge in [-0.2, -0.15) is 22.0 Å². The van der Waals surface area contributed by atoms with Crippen molar-refractivity contribution in [2.75, 3.05) is 41.7 Å². The highest BCUT2D eigenvalue weighted by molar-refractivity contribution is 6.02. The number of carbonyl (C=O) groups is 1. The van der Waals surface area contributed by atoms with Crippen LogP contribution in [0.4, 0.5) is 49.5 Å². The van der Waals surface area contributed by atoms with Crippen LogP contribution in [0.3, 0.4) is 0 Å². The monoisotopic (exact) mass is 618 g/mol. The number of piperidine rings is 1. The molecule has 2 amide bonds. The van der Waals surface area contributed by atoms with Gasteiger partial charge < -0.3 is 30.3 Å². The Morgan fingerprint density at radius 3 is 2.25 bits per heavy atom. The van der Waals surface area contributed by atoms with E-state index >= 15 is 0 Å². The van der Waals surface area contributed by atoms with E-state index in [1.807, 2.05) is 0 Å². The van der Waals surface area contributed by atoms with Crippen molar-refractivity contribution in [1.82, 2.24) is 4.90 Å². The summed E-state index contributed by atoms with van der Waals surface area (Å²) in [4.78, 5) is 16.9. The molecule has 12 heteroatoms. The van der Waals surface area contributed by atoms with Gasteiger partial charge in [-0.3, -0.25) is 0 Å². The quantitative estimate of drug-likeness (QED) is 0.243. The molecule has 0 saturated carbocycles. The van der Waals surface area contributed by atoms with Crippen LogP contribution in [-0.4, -0.2) is 48.8 Å². The first-order chi connectivity index (χ1) is 20.6. The second-order valence-corrected chi connectivity index (χ2v) is 12.6. The summed E-state index contributed by atoms with van der Waals surface area (Å²) in [6.45, 7) is 5.63. The van der Waals surface area contributed by atoms with Gasteiger partial charge in [0.1, 0.15) is 11.5 Å². The molecule has 2 aliphatic heterocycles. The third-order valence-electron chi connectivity index (χ3n) is 8.01. The Kier molecular flexibility index (Phi) is 8.41. The Bertz CT molecular complexity index is 1500. The average Bonchev–Trinajstić information content (AvgIpc) is 3.25. The number of halogens is 5. The van der Waals surface area contributed by atoms with E-state index in [1.165, 1.54) is 24.3 Å². The van der Waals surface area contributed by atoms with Gasteiger partial charge in [0, 0.05) is 24.2 Å². The van der Waals surface area contributed by atoms with Gasteiger partial charge in [0.15, 0.2) is 0 Å². The molecule has 2 heterocycles. The smallest absolute Gasteiger partial charge is 0.416 e. The van der Waals surface area contributed by atoms with Crippen molar-refractivity contribution in [3.05, 3.63) is 71.8 Å². The lowest BCUT2D eigenvalue weighted by Gasteiger charge is -2.42. The topological polar surface area (TPSA) is 77.1 Å². The molecule has 1 spiro atoms. The molecule has 0 radical (unpaired) electrons. The molecule has 44 heavy (non-hydrogen) atoms. The number of urea groups is 1. The number of likely N-dealkylation sites (tertiary alicyclic amines) is 1. The molecule has 0 bridgehead atoms. The summed E-state index contributed by atoms with van der Waals surface area (Å²) in [6, 6.07) is 13.4. The molecule has 236 valence electrons. The number of anilines is 4. The minimum atomic E-state index is -4.63. The SMILES string of the molecule is CC(C)(C)CN1CCC2(CC1)CN(c1ccccc1NC(=O)Nc1ccc(OC(F)F)cc1)c1c(O)ccc(C(F)(F)F)c12. The number of fused-ring (bicyclic) bond motifs is 2. The summed E-state index contributed by atoms with van der Waals surface area (Å²) in [5, 5.41) is 16.4. The second-order valence-electron chi connectivity index (χ2n) is 12.6. The standard InChI is InChI=1S/C32H35F5N4O3/c1-30(2,3)18-40-16-14-31(15-17-40)19-41(27-25(42)13-12-22(26(27)31)32(35,36)37)24-7-5-4-6-23(24)39-29(43)38-20-8-10-21(11-9-20)44-28(33)34/h4-13,28,42H,14-19H2,1-3H3,(H2,38,39,43). The Morgan fingerprint density at radius 1 is 0.977 bits per heavy atom. The van der Waals surface area contributed by atoms with E-state index in [0.29, 0.717) is 43.0 Å². The van der Waals surface area contributed by atoms with Crippen molar-refractivity contribution in [2.24, 2.45) is 5.41 Å². The zero-order chi connectivity index (χ0) is 31.9. The van der Waals surface area contributed by atoms with Gasteiger partial charge in [0.2, 0.25) is 0 Å². The predicted octanol–water partition coefficient (Wildman–Crippen LogP) is 8.19. The summed E-state index contributed by atoms with van der Waals surface area (Å²) in [5.74, 6) is -0.340. The summed E-state index contributed by atoms with van der Waals surface area (Å²) < 4.78 is 72.6. The molecule has 7 nitrogen and oxygen atoms in total. The number of para-hydroxylation sites is 2. The van der Waals surface area contributed by atoms with E-state index in [4.69, 9.17) is 0 Å². The van der Waals surface area contributed by atoms with Gasteiger partial charge in [-0.05, 0) is 85.4 Å². The predicted molar refractivity (Wildman–Crippen MR) is 159 cm³/mol. The van der Waals surface area contributed by atoms with Crippen LogP contribution < -0.4 is 20.3 Å². The van der Waals surface area contributed by atoms with Gasteiger partial charge in [-0.25, -0.2) is 4.79 Å². The highest BCUT2D eigenvalue weighted by Crippen LogP contribution is 2.57. The maximum absolute atomic E-state index is 14.5. The number of nitrogens with zero attached hydrogens (tertiary/aromatic N) is 2. The molecule has 0 atom stereocenters. The lowest BCUT2D eigenvalue weighted by atomic mass is 9.72. The number of rotatable bonds is 6. The lowest BCUT2D eigenvalue weighted by molar-refractivity contribution is -0.138. The summed E-state index contributed by atoms with van der Waals surface area (Å²) in [6.07, 6.45) is -3.68. The Balaban J connectivity index is 1.46. The second kappa shape index (κ2) is 11.8. The van der Waals surface area contributed by atoms with E-state index in [-0.39, 0.29) is 34.7 Å². The molecule has 3 aromatic carbocycles. The first-order valence-corrected chi connectivity index (χ1v) is 14.3. The molecule has 0 aromatic heterocycles. The number of benzene rings is 3. The molecule has 2 aliphatic rings. The summed E-state index contributed by atoms with van der Waals surface area (Å²) >= 11 is 0. The number of aromatic hydroxyl groups is 1. The Morgan fingerprint density at radius 2 is 1.64 bits per heavy atom. The molecule has 1 fully saturated rings. The van der Waals surface area contributed by atoms with Crippen LogP contribution in [-0.2, 0) is 11.6 Å². The maximum atomic E-state index is 14.5. The number of amides is 2. The normalized spacial score (nSPS) is 16.7. The van der Waals surface area contributed by atoms with Crippen molar-refractivity contribution in [1.29, 1.82) is 0 Å². The zero-order valence-electron chi connectivity index (χ0n) is 24.6. The van der Waals surface area contributed by atoms with Crippen molar-refractivity contribution in [3.63, 3.8) is 0 Å². The largest absolute Gasteiger partial charge is 0.506 e. The number of ether oxygens (including phenoxy) is 1. The Labute approximate surface area is 252 Å². The van der Waals surface area contributed by atoms with Crippen molar-refractivity contribution >= 4 is 28.8 Å². The van der Waals surface area contributed by atoms with E-state index in [0.717, 1.165) is 18.7 Å². The van der Waals surface area contributed by atoms with Crippen molar-refractivity contribution in [3.8, 4) is 11.5 Å². The van der Waals surface area contributed by atoms with Crippen LogP contribution >= 0.6 is 0 Å². The third kappa shape index (κ3) is 6.69. The van der Waals surface area contributed by atoms with Gasteiger partial charge in [-0.15, -0.1) is 0 Å². The van der Waals surface area contributed by atoms with Crippen molar-refractivity contribution in [2.45, 2.75) is 51.8 Å². The Hall–Kier alpha value is -4.06. The van der Waals surface area contributed by atoms with Crippen molar-refractivity contribution < 1.29 is 36.6 Å². The van der Waals surface area contributed by atoms with Crippen LogP contribution in [0.2, 0.25) is 0 Å². The molecular formula is C32H35F5N4O3. The molecule has 0 unspecified atom stereocenters. The minimum Gasteiger partial charge on any atom is -0.506 e. The zero-order valence-corrected chi connectivity index (χ0v) is 24.6. The van der Waals surface area contributed by atoms with Crippen LogP contribution in [0.15, 0.2) is 60.7 Å². The number of phenolic OH excluding ortho intramolecular Hbond substituents is 1. The van der Waals surface area contributed by atoms with Crippen LogP contribution in [0.25, 0.3) is 0 Å². The number of carbonyl (C=O) groups excluding carboxylic acids is 1. The number of hydrogen-bond donors (Lipinski definition) is 3. The van der Waals surface area contributed by atoms with Gasteiger partial charge >= 0.3 is 18.8 Å². The number of phenols is 1. The summed E-state index contributed by atoms with van der Waals surface area (Å²) in [7, 11) is 0. The summed E-state index contributed by atoms with van der Waals surface area (Å²) in [5.41, 5.74) is -0.377. The number of hydrogen-bond acceptors (Lipinski definition) is 5. The molecule has 5 rings (SSSR count). The van der Waals surface area contributed by atoms with Crippen LogP contribution in [0.1, 0.15) is 44.7 Å². The molecule has 3 N–H and O–H groups in total. The first kappa shape index (κ1) is 31.4. The fourth-order valence-corrected chi connectivity index (χ4v) is 6.33. The average molecular weight is 619 g/mol. The first-order valence-electron chi connectivity index (χ1n) is 14.3. The third-order valence-corrected chi connectivity index (χ3v) is 8.01. The van der Waals surface area contributed by atoms with E-state index in [2.05, 4.69) is 41.0 Å². The van der Waals surface area contributed by atoms with Gasteiger partial charge in [0.25, 0.3) is 0 Å². The van der Waals surface area contributed by atoms with Gasteiger partial charge in [-0.1, -0.05) is 32.9 Å². The van der Waals surface area contributed by atoms with Gasteiger partial charge in [0.05, 0.1) is 22.6 Å². The fourth-order valence-electron chi connectivity index (χ4n) is 6.33. The lowest BCUT2D eigenvalue weighted by Crippen LogP contribution is -2.47.